The van der Waals surface area contributed by atoms with Crippen molar-refractivity contribution < 1.29 is 147 Å². The molecule has 15 rings (SSSR count). The normalized spacial score (nSPS) is 12.9. The molecular formula is C81H69BBrCl3F6KN9O15S6. The van der Waals surface area contributed by atoms with Gasteiger partial charge < -0.3 is 43.9 Å². The van der Waals surface area contributed by atoms with Gasteiger partial charge in [-0.25, -0.2) is 48.8 Å². The largest absolute Gasteiger partial charge is 1.00 e. The van der Waals surface area contributed by atoms with Crippen molar-refractivity contribution in [3.63, 3.8) is 0 Å². The van der Waals surface area contributed by atoms with Crippen LogP contribution in [0.25, 0.3) is 54.6 Å². The number of ether oxygens (including phenoxy) is 7. The maximum atomic E-state index is 14.1. The van der Waals surface area contributed by atoms with E-state index in [9.17, 15) is 51.6 Å². The SMILES string of the molecule is COc1ccc(CN(c2ncns2)S(=O)(=O)c2ccc3c(-c4ccc(Cl)cc4OC(F)F)cccc3c2)c(OC)c1.COc1ccc(CN(c2ncns2)S(=O)(=O)c2ccc3c(B4OC(C)(C)C(C)(C)O4)cccc3c2)c(OC)c1.FC(F)Oc1cc(Cl)ccc1Br.O=S(=O)(Nc1ncns1)c1ccc2c(-c3ccc(Cl)cc3OC(F)F)cccc2c1.[H-].[K+]. The maximum Gasteiger partial charge on any atom is 1.00 e. The topological polar surface area (TPSA) is 281 Å². The van der Waals surface area contributed by atoms with Gasteiger partial charge in [0.25, 0.3) is 30.1 Å². The summed E-state index contributed by atoms with van der Waals surface area (Å²) in [5.74, 6) is 1.99. The van der Waals surface area contributed by atoms with Crippen molar-refractivity contribution in [1.29, 1.82) is 0 Å². The summed E-state index contributed by atoms with van der Waals surface area (Å²) >= 11 is 23.4. The van der Waals surface area contributed by atoms with Crippen molar-refractivity contribution in [2.45, 2.75) is 86.5 Å². The van der Waals surface area contributed by atoms with Crippen LogP contribution < -0.4 is 103 Å². The minimum absolute atomic E-state index is 0. The molecule has 1 aliphatic heterocycles. The zero-order valence-corrected chi connectivity index (χ0v) is 77.8. The molecule has 1 fully saturated rings. The van der Waals surface area contributed by atoms with Crippen LogP contribution in [0.4, 0.5) is 41.7 Å². The third-order valence-corrected chi connectivity index (χ3v) is 27.4. The van der Waals surface area contributed by atoms with Crippen LogP contribution in [0.1, 0.15) is 40.2 Å². The summed E-state index contributed by atoms with van der Waals surface area (Å²) in [5.41, 5.74) is 3.07. The third kappa shape index (κ3) is 22.8. The predicted octanol–water partition coefficient (Wildman–Crippen LogP) is 17.7. The number of rotatable bonds is 26. The van der Waals surface area contributed by atoms with Crippen molar-refractivity contribution in [3.8, 4) is 62.5 Å². The number of anilines is 3. The van der Waals surface area contributed by atoms with E-state index in [0.717, 1.165) is 55.1 Å². The van der Waals surface area contributed by atoms with Crippen LogP contribution in [0, 0.1) is 0 Å². The number of fused-ring (bicyclic) bond motifs is 3. The second kappa shape index (κ2) is 41.2. The molecule has 1 aliphatic rings. The van der Waals surface area contributed by atoms with E-state index in [1.54, 1.807) is 147 Å². The molecule has 1 N–H and O–H groups in total. The smallest absolute Gasteiger partial charge is 1.00 e. The molecule has 24 nitrogen and oxygen atoms in total. The summed E-state index contributed by atoms with van der Waals surface area (Å²) < 4.78 is 221. The van der Waals surface area contributed by atoms with Crippen molar-refractivity contribution in [3.05, 3.63) is 250 Å². The molecule has 11 aromatic carbocycles. The molecular weight excluding hydrogens is 1880 g/mol. The van der Waals surface area contributed by atoms with Gasteiger partial charge in [-0.15, -0.1) is 0 Å². The first-order valence-corrected chi connectivity index (χ1v) is 44.3. The minimum Gasteiger partial charge on any atom is -1.00 e. The predicted molar refractivity (Wildman–Crippen MR) is 465 cm³/mol. The first-order valence-electron chi connectivity index (χ1n) is 35.7. The first kappa shape index (κ1) is 94.9. The fourth-order valence-electron chi connectivity index (χ4n) is 12.4. The molecule has 0 saturated carbocycles. The molecule has 0 aliphatic carbocycles. The zero-order valence-electron chi connectivity index (χ0n) is 66.9. The minimum atomic E-state index is -4.15. The van der Waals surface area contributed by atoms with Crippen LogP contribution in [0.3, 0.4) is 0 Å². The van der Waals surface area contributed by atoms with Gasteiger partial charge in [0.15, 0.2) is 0 Å². The number of sulfonamides is 3. The summed E-state index contributed by atoms with van der Waals surface area (Å²) in [6, 6.07) is 54.0. The van der Waals surface area contributed by atoms with Gasteiger partial charge in [-0.1, -0.05) is 108 Å². The molecule has 0 radical (unpaired) electrons. The second-order valence-corrected chi connectivity index (χ2v) is 36.7. The molecule has 42 heteroatoms. The van der Waals surface area contributed by atoms with Gasteiger partial charge >= 0.3 is 78.3 Å². The van der Waals surface area contributed by atoms with Gasteiger partial charge in [0, 0.05) is 90.1 Å². The van der Waals surface area contributed by atoms with Gasteiger partial charge in [0.1, 0.15) is 59.2 Å². The number of nitrogens with zero attached hydrogens (tertiary/aromatic N) is 8. The fourth-order valence-corrected chi connectivity index (χ4v) is 19.3. The van der Waals surface area contributed by atoms with Crippen LogP contribution >= 0.6 is 85.3 Å². The number of hydrogen-bond acceptors (Lipinski definition) is 24. The molecule has 638 valence electrons. The molecule has 123 heavy (non-hydrogen) atoms. The Morgan fingerprint density at radius 1 is 0.455 bits per heavy atom. The molecule has 3 aromatic heterocycles. The van der Waals surface area contributed by atoms with Crippen LogP contribution in [0.15, 0.2) is 238 Å². The Bertz CT molecular complexity index is 6440. The van der Waals surface area contributed by atoms with E-state index in [1.165, 1.54) is 87.1 Å². The first-order chi connectivity index (χ1) is 58.1. The van der Waals surface area contributed by atoms with Gasteiger partial charge in [0.05, 0.1) is 71.9 Å². The second-order valence-electron chi connectivity index (χ2n) is 26.9. The Labute approximate surface area is 783 Å². The average molecular weight is 1950 g/mol. The van der Waals surface area contributed by atoms with E-state index in [1.807, 2.05) is 45.9 Å². The number of aromatic nitrogens is 6. The number of methoxy groups -OCH3 is 4. The Kier molecular flexibility index (Phi) is 31.8. The summed E-state index contributed by atoms with van der Waals surface area (Å²) in [5, 5.41) is 5.50. The number of halogens is 10. The van der Waals surface area contributed by atoms with Gasteiger partial charge in [-0.3, -0.25) is 4.72 Å². The third-order valence-electron chi connectivity index (χ3n) is 18.9. The number of alkyl halides is 6. The molecule has 0 spiro atoms. The molecule has 14 aromatic rings. The van der Waals surface area contributed by atoms with Crippen molar-refractivity contribution in [2.75, 3.05) is 41.8 Å². The summed E-state index contributed by atoms with van der Waals surface area (Å²) in [7, 11) is -6.51. The van der Waals surface area contributed by atoms with Crippen LogP contribution in [0.2, 0.25) is 15.1 Å². The van der Waals surface area contributed by atoms with Crippen molar-refractivity contribution in [1.82, 2.24) is 28.1 Å². The van der Waals surface area contributed by atoms with E-state index in [0.29, 0.717) is 87.4 Å². The Hall–Kier alpha value is -8.72. The zero-order chi connectivity index (χ0) is 87.6. The number of nitrogens with one attached hydrogen (secondary N) is 1. The number of hydrogen-bond donors (Lipinski definition) is 1. The van der Waals surface area contributed by atoms with E-state index in [4.69, 9.17) is 67.8 Å². The summed E-state index contributed by atoms with van der Waals surface area (Å²) in [6.45, 7) is -0.968. The van der Waals surface area contributed by atoms with E-state index >= 15 is 0 Å². The van der Waals surface area contributed by atoms with Crippen molar-refractivity contribution in [2.24, 2.45) is 0 Å². The van der Waals surface area contributed by atoms with Crippen molar-refractivity contribution >= 4 is 176 Å². The van der Waals surface area contributed by atoms with E-state index < -0.39 is 68.2 Å². The fraction of sp³-hybridized carbons (Fsp3) is 0.185. The van der Waals surface area contributed by atoms with Gasteiger partial charge in [-0.2, -0.15) is 39.5 Å². The Balaban J connectivity index is 0.000000182. The van der Waals surface area contributed by atoms with E-state index in [2.05, 4.69) is 58.2 Å². The molecule has 4 heterocycles. The standard InChI is InChI=1S/C28H22ClF2N3O5S2.C27H30BN3O6S2.C19H12ClF2N3O3S2.C7H4BrClF2O.K.H/c1-37-20-8-6-18(25(14-20)38-2)15-34(28-32-16-33-40-28)41(35,36)21-9-11-22-17(12-21)4-3-5-23(22)24-10-7-19(29)13-26(24)39-27(30)31;1-26(2)27(3,4)37-28(36-26)23-9-7-8-18-14-21(12-13-22(18)23)39(32,33)31(25-29-17-30-38-25)16-19-10-11-20(34-5)15-24(19)35-6;20-12-4-6-16(17(9-12)28-18(21)22)15-3-1-2-11-8-13(5-7-14(11)15)30(26,27)25-19-23-10-24-29-19;8-5-2-1-4(9)3-6(5)12-7(10)11;;/h3-14,16,27H,15H2,1-2H3;7-15,17H,16H2,1-6H3;1-10,18H,(H,23,24,25);1-3,7H;;/q;;;;+1;-1. The van der Waals surface area contributed by atoms with Gasteiger partial charge in [0.2, 0.25) is 15.4 Å². The quantitative estimate of drug-likeness (QED) is 0.0389. The Morgan fingerprint density at radius 2 is 0.854 bits per heavy atom. The maximum absolute atomic E-state index is 14.1. The summed E-state index contributed by atoms with van der Waals surface area (Å²) in [6.07, 6.45) is 3.87. The molecule has 0 bridgehead atoms. The average Bonchev–Trinajstić information content (AvgIpc) is 1.34. The summed E-state index contributed by atoms with van der Waals surface area (Å²) in [4.78, 5) is 12.3. The molecule has 0 amide bonds. The van der Waals surface area contributed by atoms with Crippen LogP contribution in [-0.2, 0) is 52.5 Å². The molecule has 1 saturated heterocycles. The van der Waals surface area contributed by atoms with Gasteiger partial charge in [-0.05, 0) is 202 Å². The van der Waals surface area contributed by atoms with E-state index in [-0.39, 0.29) is 123 Å². The number of benzene rings is 11. The molecule has 0 atom stereocenters. The molecule has 0 unspecified atom stereocenters. The van der Waals surface area contributed by atoms with Crippen LogP contribution in [-0.4, -0.2) is 120 Å². The monoisotopic (exact) mass is 1950 g/mol. The van der Waals surface area contributed by atoms with Crippen LogP contribution in [0.5, 0.6) is 40.2 Å². The Morgan fingerprint density at radius 3 is 1.28 bits per heavy atom.